The van der Waals surface area contributed by atoms with Crippen molar-refractivity contribution in [2.45, 2.75) is 6.42 Å². The van der Waals surface area contributed by atoms with Crippen LogP contribution in [0.3, 0.4) is 0 Å². The maximum absolute atomic E-state index is 5.64. The number of aryl methyl sites for hydroxylation is 1. The van der Waals surface area contributed by atoms with Gasteiger partial charge in [0.05, 0.1) is 12.8 Å². The standard InChI is InChI=1S/C23H21NO/c1-24-21-14-8-6-12-18(21)20(16-17-10-4-3-5-11-17)23(24)19-13-7-9-15-22(19)25-2/h3-15H,16H2,1-2H3. The van der Waals surface area contributed by atoms with Gasteiger partial charge in [0.15, 0.2) is 0 Å². The van der Waals surface area contributed by atoms with E-state index >= 15 is 0 Å². The number of benzene rings is 3. The second kappa shape index (κ2) is 6.48. The first kappa shape index (κ1) is 15.5. The van der Waals surface area contributed by atoms with E-state index in [-0.39, 0.29) is 0 Å². The van der Waals surface area contributed by atoms with Crippen molar-refractivity contribution >= 4 is 10.9 Å². The molecule has 2 heteroatoms. The molecule has 1 aromatic heterocycles. The summed E-state index contributed by atoms with van der Waals surface area (Å²) in [6.07, 6.45) is 0.898. The number of methoxy groups -OCH3 is 1. The van der Waals surface area contributed by atoms with Crippen molar-refractivity contribution in [3.8, 4) is 17.0 Å². The van der Waals surface area contributed by atoms with E-state index in [0.29, 0.717) is 0 Å². The molecule has 3 aromatic carbocycles. The molecular formula is C23H21NO. The van der Waals surface area contributed by atoms with Gasteiger partial charge < -0.3 is 9.30 Å². The molecule has 0 unspecified atom stereocenters. The topological polar surface area (TPSA) is 14.2 Å². The Kier molecular flexibility index (Phi) is 4.02. The van der Waals surface area contributed by atoms with Crippen LogP contribution in [-0.2, 0) is 13.5 Å². The Bertz CT molecular complexity index is 1010. The molecule has 0 spiro atoms. The third-order valence-electron chi connectivity index (χ3n) is 4.80. The summed E-state index contributed by atoms with van der Waals surface area (Å²) in [7, 11) is 3.87. The van der Waals surface area contributed by atoms with Gasteiger partial charge >= 0.3 is 0 Å². The monoisotopic (exact) mass is 327 g/mol. The maximum Gasteiger partial charge on any atom is 0.128 e. The zero-order valence-electron chi connectivity index (χ0n) is 14.6. The minimum absolute atomic E-state index is 0.898. The second-order valence-corrected chi connectivity index (χ2v) is 6.27. The van der Waals surface area contributed by atoms with Crippen LogP contribution in [0.2, 0.25) is 0 Å². The van der Waals surface area contributed by atoms with Crippen LogP contribution in [0.25, 0.3) is 22.2 Å². The summed E-state index contributed by atoms with van der Waals surface area (Å²) in [5.74, 6) is 0.905. The molecule has 124 valence electrons. The zero-order valence-corrected chi connectivity index (χ0v) is 14.6. The fourth-order valence-electron chi connectivity index (χ4n) is 3.63. The minimum Gasteiger partial charge on any atom is -0.496 e. The van der Waals surface area contributed by atoms with Crippen molar-refractivity contribution in [3.05, 3.63) is 90.0 Å². The fraction of sp³-hybridized carbons (Fsp3) is 0.130. The van der Waals surface area contributed by atoms with E-state index in [4.69, 9.17) is 4.74 Å². The molecule has 0 saturated heterocycles. The van der Waals surface area contributed by atoms with Gasteiger partial charge in [-0.3, -0.25) is 0 Å². The Morgan fingerprint density at radius 3 is 2.28 bits per heavy atom. The lowest BCUT2D eigenvalue weighted by Gasteiger charge is -2.12. The van der Waals surface area contributed by atoms with Crippen molar-refractivity contribution < 1.29 is 4.74 Å². The molecule has 0 fully saturated rings. The molecule has 0 aliphatic carbocycles. The number of fused-ring (bicyclic) bond motifs is 1. The van der Waals surface area contributed by atoms with Crippen LogP contribution < -0.4 is 4.74 Å². The summed E-state index contributed by atoms with van der Waals surface area (Å²) in [6, 6.07) is 27.5. The Morgan fingerprint density at radius 1 is 0.800 bits per heavy atom. The van der Waals surface area contributed by atoms with Crippen molar-refractivity contribution in [2.24, 2.45) is 7.05 Å². The SMILES string of the molecule is COc1ccccc1-c1c(Cc2ccccc2)c2ccccc2n1C. The van der Waals surface area contributed by atoms with Gasteiger partial charge in [-0.25, -0.2) is 0 Å². The van der Waals surface area contributed by atoms with Crippen molar-refractivity contribution in [2.75, 3.05) is 7.11 Å². The van der Waals surface area contributed by atoms with E-state index in [1.54, 1.807) is 7.11 Å². The number of hydrogen-bond donors (Lipinski definition) is 0. The smallest absolute Gasteiger partial charge is 0.128 e. The van der Waals surface area contributed by atoms with Crippen LogP contribution in [0.1, 0.15) is 11.1 Å². The lowest BCUT2D eigenvalue weighted by molar-refractivity contribution is 0.416. The van der Waals surface area contributed by atoms with Crippen LogP contribution in [0.4, 0.5) is 0 Å². The molecule has 0 aliphatic heterocycles. The van der Waals surface area contributed by atoms with E-state index in [0.717, 1.165) is 17.7 Å². The molecule has 0 radical (unpaired) electrons. The van der Waals surface area contributed by atoms with Crippen molar-refractivity contribution in [3.63, 3.8) is 0 Å². The predicted octanol–water partition coefficient (Wildman–Crippen LogP) is 5.44. The van der Waals surface area contributed by atoms with Gasteiger partial charge in [0.25, 0.3) is 0 Å². The Morgan fingerprint density at radius 2 is 1.48 bits per heavy atom. The molecule has 0 amide bonds. The largest absolute Gasteiger partial charge is 0.496 e. The highest BCUT2D eigenvalue weighted by molar-refractivity contribution is 5.93. The minimum atomic E-state index is 0.898. The fourth-order valence-corrected chi connectivity index (χ4v) is 3.63. The summed E-state index contributed by atoms with van der Waals surface area (Å²) < 4.78 is 7.93. The third kappa shape index (κ3) is 2.70. The summed E-state index contributed by atoms with van der Waals surface area (Å²) in [6.45, 7) is 0. The number of hydrogen-bond acceptors (Lipinski definition) is 1. The van der Waals surface area contributed by atoms with Crippen LogP contribution in [0.15, 0.2) is 78.9 Å². The number of para-hydroxylation sites is 2. The third-order valence-corrected chi connectivity index (χ3v) is 4.80. The summed E-state index contributed by atoms with van der Waals surface area (Å²) >= 11 is 0. The highest BCUT2D eigenvalue weighted by Crippen LogP contribution is 2.38. The first-order chi connectivity index (χ1) is 12.3. The van der Waals surface area contributed by atoms with Crippen LogP contribution >= 0.6 is 0 Å². The quantitative estimate of drug-likeness (QED) is 0.486. The van der Waals surface area contributed by atoms with Gasteiger partial charge in [-0.15, -0.1) is 0 Å². The number of nitrogens with zero attached hydrogens (tertiary/aromatic N) is 1. The summed E-state index contributed by atoms with van der Waals surface area (Å²) in [5, 5.41) is 1.30. The van der Waals surface area contributed by atoms with E-state index in [1.807, 2.05) is 12.1 Å². The van der Waals surface area contributed by atoms with Gasteiger partial charge in [-0.2, -0.15) is 0 Å². The lowest BCUT2D eigenvalue weighted by Crippen LogP contribution is -1.97. The Labute approximate surface area is 148 Å². The van der Waals surface area contributed by atoms with E-state index in [1.165, 1.54) is 27.7 Å². The molecule has 0 saturated carbocycles. The second-order valence-electron chi connectivity index (χ2n) is 6.27. The molecule has 0 bridgehead atoms. The molecule has 25 heavy (non-hydrogen) atoms. The van der Waals surface area contributed by atoms with Gasteiger partial charge in [0.1, 0.15) is 5.75 Å². The first-order valence-electron chi connectivity index (χ1n) is 8.53. The molecule has 0 aliphatic rings. The lowest BCUT2D eigenvalue weighted by atomic mass is 9.98. The van der Waals surface area contributed by atoms with Gasteiger partial charge in [-0.1, -0.05) is 60.7 Å². The van der Waals surface area contributed by atoms with E-state index < -0.39 is 0 Å². The molecular weight excluding hydrogens is 306 g/mol. The molecule has 0 N–H and O–H groups in total. The average molecular weight is 327 g/mol. The summed E-state index contributed by atoms with van der Waals surface area (Å²) in [5.41, 5.74) is 6.26. The van der Waals surface area contributed by atoms with Crippen LogP contribution in [0, 0.1) is 0 Å². The zero-order chi connectivity index (χ0) is 17.2. The first-order valence-corrected chi connectivity index (χ1v) is 8.53. The molecule has 0 atom stereocenters. The number of ether oxygens (including phenoxy) is 1. The molecule has 4 aromatic rings. The summed E-state index contributed by atoms with van der Waals surface area (Å²) in [4.78, 5) is 0. The van der Waals surface area contributed by atoms with E-state index in [9.17, 15) is 0 Å². The van der Waals surface area contributed by atoms with Gasteiger partial charge in [0, 0.05) is 29.9 Å². The Balaban J connectivity index is 2.00. The highest BCUT2D eigenvalue weighted by atomic mass is 16.5. The molecule has 1 heterocycles. The highest BCUT2D eigenvalue weighted by Gasteiger charge is 2.19. The van der Waals surface area contributed by atoms with Gasteiger partial charge in [-0.05, 0) is 29.3 Å². The van der Waals surface area contributed by atoms with Crippen molar-refractivity contribution in [1.82, 2.24) is 4.57 Å². The van der Waals surface area contributed by atoms with Crippen LogP contribution in [-0.4, -0.2) is 11.7 Å². The van der Waals surface area contributed by atoms with E-state index in [2.05, 4.69) is 78.3 Å². The Hall–Kier alpha value is -3.00. The molecule has 2 nitrogen and oxygen atoms in total. The maximum atomic E-state index is 5.64. The average Bonchev–Trinajstić information content (AvgIpc) is 2.95. The number of aromatic nitrogens is 1. The van der Waals surface area contributed by atoms with Crippen LogP contribution in [0.5, 0.6) is 5.75 Å². The number of rotatable bonds is 4. The predicted molar refractivity (Wildman–Crippen MR) is 104 cm³/mol. The van der Waals surface area contributed by atoms with Crippen molar-refractivity contribution in [1.29, 1.82) is 0 Å². The normalized spacial score (nSPS) is 11.0. The van der Waals surface area contributed by atoms with Gasteiger partial charge in [0.2, 0.25) is 0 Å². The molecule has 4 rings (SSSR count).